The number of benzene rings is 2. The van der Waals surface area contributed by atoms with E-state index < -0.39 is 6.03 Å². The van der Waals surface area contributed by atoms with Crippen molar-refractivity contribution in [3.05, 3.63) is 54.1 Å². The quantitative estimate of drug-likeness (QED) is 0.262. The lowest BCUT2D eigenvalue weighted by Crippen LogP contribution is -2.45. The Labute approximate surface area is 292 Å². The van der Waals surface area contributed by atoms with Crippen molar-refractivity contribution < 1.29 is 24.5 Å². The van der Waals surface area contributed by atoms with Gasteiger partial charge in [0, 0.05) is 54.7 Å². The summed E-state index contributed by atoms with van der Waals surface area (Å²) in [5.41, 5.74) is 2.50. The van der Waals surface area contributed by atoms with Crippen LogP contribution < -0.4 is 20.4 Å². The zero-order valence-corrected chi connectivity index (χ0v) is 28.7. The van der Waals surface area contributed by atoms with Gasteiger partial charge < -0.3 is 45.2 Å². The third-order valence-corrected chi connectivity index (χ3v) is 10.5. The van der Waals surface area contributed by atoms with Crippen molar-refractivity contribution in [2.45, 2.75) is 68.9 Å². The Kier molecular flexibility index (Phi) is 10.1. The van der Waals surface area contributed by atoms with E-state index in [1.165, 1.54) is 0 Å². The molecule has 7 rings (SSSR count). The number of aliphatic hydroxyl groups is 2. The molecule has 4 unspecified atom stereocenters. The average molecular weight is 686 g/mol. The number of ether oxygens (including phenoxy) is 1. The van der Waals surface area contributed by atoms with Gasteiger partial charge in [-0.25, -0.2) is 4.79 Å². The molecule has 3 amide bonds. The normalized spacial score (nSPS) is 23.8. The first-order chi connectivity index (χ1) is 24.3. The summed E-state index contributed by atoms with van der Waals surface area (Å²) in [6.45, 7) is 2.74. The molecule has 1 aromatic heterocycles. The number of rotatable bonds is 9. The molecule has 266 valence electrons. The lowest BCUT2D eigenvalue weighted by atomic mass is 10.0. The van der Waals surface area contributed by atoms with Gasteiger partial charge in [-0.3, -0.25) is 4.79 Å². The van der Waals surface area contributed by atoms with Crippen molar-refractivity contribution >= 4 is 35.2 Å². The van der Waals surface area contributed by atoms with Crippen LogP contribution >= 0.6 is 0 Å². The summed E-state index contributed by atoms with van der Waals surface area (Å²) in [7, 11) is 4.16. The van der Waals surface area contributed by atoms with Crippen LogP contribution in [0.1, 0.15) is 48.9 Å². The number of carbonyl (C=O) groups is 2. The molecule has 0 saturated carbocycles. The molecule has 0 aliphatic carbocycles. The second-order valence-electron chi connectivity index (χ2n) is 14.0. The van der Waals surface area contributed by atoms with Gasteiger partial charge in [-0.15, -0.1) is 0 Å². The van der Waals surface area contributed by atoms with Gasteiger partial charge in [-0.05, 0) is 101 Å². The third-order valence-electron chi connectivity index (χ3n) is 10.5. The summed E-state index contributed by atoms with van der Waals surface area (Å²) in [4.78, 5) is 48.7. The second kappa shape index (κ2) is 14.9. The number of amides is 3. The van der Waals surface area contributed by atoms with Gasteiger partial charge in [0.15, 0.2) is 5.82 Å². The number of nitrogens with one attached hydrogen (secondary N) is 2. The molecule has 0 radical (unpaired) electrons. The van der Waals surface area contributed by atoms with Gasteiger partial charge in [0.1, 0.15) is 0 Å². The SMILES string of the molecule is CN(C)C1CCN(C(=O)c2ccc(NC(=O)Nc3ccc(-c4nc(N5CC6CCC(C5)O6)nc(N5C(CO)CCC5CO)n4)cc3)cc2)CC1. The number of morpholine rings is 1. The first-order valence-electron chi connectivity index (χ1n) is 17.7. The van der Waals surface area contributed by atoms with Crippen molar-refractivity contribution in [1.82, 2.24) is 24.8 Å². The summed E-state index contributed by atoms with van der Waals surface area (Å²) in [6, 6.07) is 14.0. The molecule has 4 fully saturated rings. The van der Waals surface area contributed by atoms with Gasteiger partial charge >= 0.3 is 6.03 Å². The van der Waals surface area contributed by atoms with Crippen molar-refractivity contribution in [2.24, 2.45) is 0 Å². The first-order valence-corrected chi connectivity index (χ1v) is 17.7. The maximum absolute atomic E-state index is 13.0. The Morgan fingerprint density at radius 2 is 1.34 bits per heavy atom. The Bertz CT molecular complexity index is 1620. The average Bonchev–Trinajstić information content (AvgIpc) is 3.73. The molecule has 5 heterocycles. The zero-order valence-electron chi connectivity index (χ0n) is 28.7. The Balaban J connectivity index is 1.02. The molecule has 2 aromatic carbocycles. The van der Waals surface area contributed by atoms with E-state index in [4.69, 9.17) is 19.7 Å². The van der Waals surface area contributed by atoms with Crippen LogP contribution in [0.15, 0.2) is 48.5 Å². The highest BCUT2D eigenvalue weighted by molar-refractivity contribution is 6.00. The maximum Gasteiger partial charge on any atom is 0.323 e. The first kappa shape index (κ1) is 34.1. The fourth-order valence-electron chi connectivity index (χ4n) is 7.62. The third kappa shape index (κ3) is 7.38. The minimum absolute atomic E-state index is 0.00891. The number of hydrogen-bond donors (Lipinski definition) is 4. The number of urea groups is 1. The van der Waals surface area contributed by atoms with E-state index in [2.05, 4.69) is 34.5 Å². The molecule has 4 saturated heterocycles. The molecule has 0 spiro atoms. The Morgan fingerprint density at radius 3 is 1.90 bits per heavy atom. The van der Waals surface area contributed by atoms with E-state index in [1.54, 1.807) is 36.4 Å². The standard InChI is InChI=1S/C36H47N9O5/c1-42(2)27-15-17-43(18-16-27)33(48)24-5-9-26(10-6-24)38-36(49)37-25-7-3-23(4-8-25)32-39-34(44-19-30-13-14-31(20-44)50-30)41-35(40-32)45-28(21-46)11-12-29(45)22-47/h3-10,27-31,46-47H,11-22H2,1-2H3,(H2,37,38,49). The minimum Gasteiger partial charge on any atom is -0.394 e. The fourth-order valence-corrected chi connectivity index (χ4v) is 7.62. The molecule has 2 bridgehead atoms. The molecular weight excluding hydrogens is 638 g/mol. The van der Waals surface area contributed by atoms with Crippen LogP contribution in [0.25, 0.3) is 11.4 Å². The van der Waals surface area contributed by atoms with E-state index >= 15 is 0 Å². The second-order valence-corrected chi connectivity index (χ2v) is 14.0. The highest BCUT2D eigenvalue weighted by atomic mass is 16.5. The molecule has 14 nitrogen and oxygen atoms in total. The number of aliphatic hydroxyl groups excluding tert-OH is 2. The number of anilines is 4. The number of carbonyl (C=O) groups excluding carboxylic acids is 2. The molecule has 50 heavy (non-hydrogen) atoms. The van der Waals surface area contributed by atoms with Crippen molar-refractivity contribution in [2.75, 3.05) is 73.9 Å². The predicted octanol–water partition coefficient (Wildman–Crippen LogP) is 3.04. The summed E-state index contributed by atoms with van der Waals surface area (Å²) in [5, 5.41) is 25.9. The highest BCUT2D eigenvalue weighted by Crippen LogP contribution is 2.33. The molecule has 14 heteroatoms. The Hall–Kier alpha value is -4.37. The lowest BCUT2D eigenvalue weighted by Gasteiger charge is -2.35. The molecule has 3 aromatic rings. The van der Waals surface area contributed by atoms with Crippen LogP contribution in [-0.4, -0.2) is 131 Å². The van der Waals surface area contributed by atoms with Gasteiger partial charge in [0.2, 0.25) is 11.9 Å². The van der Waals surface area contributed by atoms with E-state index in [-0.39, 0.29) is 43.4 Å². The topological polar surface area (TPSA) is 160 Å². The van der Waals surface area contributed by atoms with Crippen LogP contribution in [0, 0.1) is 0 Å². The molecule has 4 atom stereocenters. The zero-order chi connectivity index (χ0) is 34.8. The van der Waals surface area contributed by atoms with E-state index in [0.717, 1.165) is 57.2 Å². The highest BCUT2D eigenvalue weighted by Gasteiger charge is 2.38. The van der Waals surface area contributed by atoms with Crippen LogP contribution in [0.2, 0.25) is 0 Å². The smallest absolute Gasteiger partial charge is 0.323 e. The van der Waals surface area contributed by atoms with Crippen LogP contribution in [0.5, 0.6) is 0 Å². The largest absolute Gasteiger partial charge is 0.394 e. The predicted molar refractivity (Wildman–Crippen MR) is 191 cm³/mol. The number of likely N-dealkylation sites (tertiary alicyclic amines) is 1. The summed E-state index contributed by atoms with van der Waals surface area (Å²) in [6.07, 6.45) is 5.71. The van der Waals surface area contributed by atoms with Crippen LogP contribution in [0.4, 0.5) is 28.1 Å². The van der Waals surface area contributed by atoms with Gasteiger partial charge in [-0.1, -0.05) is 0 Å². The van der Waals surface area contributed by atoms with Crippen molar-refractivity contribution in [3.8, 4) is 11.4 Å². The number of aromatic nitrogens is 3. The number of nitrogens with zero attached hydrogens (tertiary/aromatic N) is 7. The van der Waals surface area contributed by atoms with E-state index in [0.29, 0.717) is 53.8 Å². The fraction of sp³-hybridized carbons (Fsp3) is 0.528. The molecule has 4 N–H and O–H groups in total. The molecule has 4 aliphatic rings. The monoisotopic (exact) mass is 685 g/mol. The number of hydrogen-bond acceptors (Lipinski definition) is 11. The lowest BCUT2D eigenvalue weighted by molar-refractivity contribution is 0.0299. The molecule has 4 aliphatic heterocycles. The van der Waals surface area contributed by atoms with Crippen molar-refractivity contribution in [3.63, 3.8) is 0 Å². The van der Waals surface area contributed by atoms with Crippen LogP contribution in [-0.2, 0) is 4.74 Å². The van der Waals surface area contributed by atoms with Gasteiger partial charge in [-0.2, -0.15) is 15.0 Å². The Morgan fingerprint density at radius 1 is 0.780 bits per heavy atom. The maximum atomic E-state index is 13.0. The molecular formula is C36H47N9O5. The van der Waals surface area contributed by atoms with Gasteiger partial charge in [0.05, 0.1) is 37.5 Å². The van der Waals surface area contributed by atoms with E-state index in [9.17, 15) is 19.8 Å². The van der Waals surface area contributed by atoms with E-state index in [1.807, 2.05) is 21.9 Å². The van der Waals surface area contributed by atoms with Crippen LogP contribution in [0.3, 0.4) is 0 Å². The van der Waals surface area contributed by atoms with Crippen molar-refractivity contribution in [1.29, 1.82) is 0 Å². The summed E-state index contributed by atoms with van der Waals surface area (Å²) in [5.74, 6) is 1.46. The summed E-state index contributed by atoms with van der Waals surface area (Å²) >= 11 is 0. The van der Waals surface area contributed by atoms with Gasteiger partial charge in [0.25, 0.3) is 5.91 Å². The minimum atomic E-state index is -0.409. The number of fused-ring (bicyclic) bond motifs is 2. The number of piperidine rings is 1. The summed E-state index contributed by atoms with van der Waals surface area (Å²) < 4.78 is 6.05.